The van der Waals surface area contributed by atoms with Crippen LogP contribution in [-0.2, 0) is 16.1 Å². The van der Waals surface area contributed by atoms with Crippen molar-refractivity contribution in [3.8, 4) is 5.75 Å². The second-order valence-electron chi connectivity index (χ2n) is 4.15. The van der Waals surface area contributed by atoms with E-state index in [9.17, 15) is 14.7 Å². The zero-order valence-electron chi connectivity index (χ0n) is 9.51. The van der Waals surface area contributed by atoms with Gasteiger partial charge in [0.25, 0.3) is 0 Å². The van der Waals surface area contributed by atoms with E-state index < -0.39 is 6.04 Å². The van der Waals surface area contributed by atoms with Gasteiger partial charge in [0.2, 0.25) is 11.8 Å². The molecule has 0 radical (unpaired) electrons. The summed E-state index contributed by atoms with van der Waals surface area (Å²) in [6, 6.07) is 6.20. The largest absolute Gasteiger partial charge is 0.508 e. The predicted molar refractivity (Wildman–Crippen MR) is 61.1 cm³/mol. The van der Waals surface area contributed by atoms with Gasteiger partial charge in [-0.05, 0) is 24.6 Å². The third kappa shape index (κ3) is 2.55. The number of nitrogens with one attached hydrogen (secondary N) is 1. The summed E-state index contributed by atoms with van der Waals surface area (Å²) >= 11 is 0. The number of carbonyl (C=O) groups excluding carboxylic acids is 2. The van der Waals surface area contributed by atoms with Gasteiger partial charge in [-0.2, -0.15) is 0 Å². The molecule has 0 aliphatic carbocycles. The lowest BCUT2D eigenvalue weighted by Crippen LogP contribution is -2.56. The van der Waals surface area contributed by atoms with Crippen LogP contribution >= 0.6 is 0 Å². The lowest BCUT2D eigenvalue weighted by atomic mass is 10.1. The Morgan fingerprint density at radius 3 is 2.94 bits per heavy atom. The lowest BCUT2D eigenvalue weighted by molar-refractivity contribution is -0.144. The van der Waals surface area contributed by atoms with Crippen LogP contribution in [0.3, 0.4) is 0 Å². The molecule has 2 N–H and O–H groups in total. The minimum Gasteiger partial charge on any atom is -0.508 e. The first-order chi connectivity index (χ1) is 8.06. The van der Waals surface area contributed by atoms with Crippen LogP contribution in [0.1, 0.15) is 12.5 Å². The summed E-state index contributed by atoms with van der Waals surface area (Å²) in [7, 11) is 0. The summed E-state index contributed by atoms with van der Waals surface area (Å²) in [5.74, 6) is -0.102. The van der Waals surface area contributed by atoms with Crippen LogP contribution in [0.2, 0.25) is 0 Å². The van der Waals surface area contributed by atoms with Crippen LogP contribution in [0.5, 0.6) is 5.75 Å². The highest BCUT2D eigenvalue weighted by atomic mass is 16.3. The maximum Gasteiger partial charge on any atom is 0.245 e. The molecule has 0 aromatic heterocycles. The molecule has 1 aromatic rings. The molecular weight excluding hydrogens is 220 g/mol. The monoisotopic (exact) mass is 234 g/mol. The topological polar surface area (TPSA) is 69.6 Å². The van der Waals surface area contributed by atoms with E-state index in [1.165, 1.54) is 4.90 Å². The quantitative estimate of drug-likeness (QED) is 0.770. The molecule has 2 rings (SSSR count). The Kier molecular flexibility index (Phi) is 2.99. The van der Waals surface area contributed by atoms with Crippen molar-refractivity contribution in [3.05, 3.63) is 29.8 Å². The summed E-state index contributed by atoms with van der Waals surface area (Å²) in [4.78, 5) is 24.6. The average Bonchev–Trinajstić information content (AvgIpc) is 2.25. The van der Waals surface area contributed by atoms with E-state index in [2.05, 4.69) is 5.32 Å². The van der Waals surface area contributed by atoms with Gasteiger partial charge in [0.15, 0.2) is 0 Å². The van der Waals surface area contributed by atoms with Crippen LogP contribution in [0, 0.1) is 0 Å². The van der Waals surface area contributed by atoms with E-state index in [0.29, 0.717) is 6.54 Å². The molecule has 1 saturated heterocycles. The van der Waals surface area contributed by atoms with Crippen molar-refractivity contribution in [2.75, 3.05) is 6.54 Å². The molecule has 1 aromatic carbocycles. The fourth-order valence-corrected chi connectivity index (χ4v) is 1.88. The van der Waals surface area contributed by atoms with Gasteiger partial charge in [-0.3, -0.25) is 9.59 Å². The summed E-state index contributed by atoms with van der Waals surface area (Å²) in [6.07, 6.45) is 0. The average molecular weight is 234 g/mol. The summed E-state index contributed by atoms with van der Waals surface area (Å²) in [6.45, 7) is 2.07. The molecule has 1 heterocycles. The Labute approximate surface area is 99.0 Å². The van der Waals surface area contributed by atoms with Gasteiger partial charge in [-0.25, -0.2) is 0 Å². The van der Waals surface area contributed by atoms with E-state index >= 15 is 0 Å². The summed E-state index contributed by atoms with van der Waals surface area (Å²) < 4.78 is 0. The van der Waals surface area contributed by atoms with Gasteiger partial charge >= 0.3 is 0 Å². The van der Waals surface area contributed by atoms with Crippen molar-refractivity contribution in [2.24, 2.45) is 0 Å². The molecule has 90 valence electrons. The molecule has 1 fully saturated rings. The normalized spacial score (nSPS) is 20.3. The fourth-order valence-electron chi connectivity index (χ4n) is 1.88. The van der Waals surface area contributed by atoms with Crippen LogP contribution in [0.25, 0.3) is 0 Å². The van der Waals surface area contributed by atoms with Crippen LogP contribution in [-0.4, -0.2) is 34.4 Å². The minimum atomic E-state index is -0.478. The Bertz CT molecular complexity index is 459. The number of rotatable bonds is 2. The second kappa shape index (κ2) is 4.45. The number of piperazine rings is 1. The van der Waals surface area contributed by atoms with Gasteiger partial charge in [-0.15, -0.1) is 0 Å². The molecule has 17 heavy (non-hydrogen) atoms. The predicted octanol–water partition coefficient (Wildman–Crippen LogP) is 0.239. The fraction of sp³-hybridized carbons (Fsp3) is 0.333. The van der Waals surface area contributed by atoms with Crippen molar-refractivity contribution in [1.29, 1.82) is 0 Å². The minimum absolute atomic E-state index is 0.0683. The number of amides is 2. The number of hydrogen-bond acceptors (Lipinski definition) is 3. The molecule has 0 spiro atoms. The number of benzene rings is 1. The van der Waals surface area contributed by atoms with Crippen LogP contribution < -0.4 is 5.32 Å². The number of nitrogens with zero attached hydrogens (tertiary/aromatic N) is 1. The van der Waals surface area contributed by atoms with Crippen molar-refractivity contribution >= 4 is 11.8 Å². The van der Waals surface area contributed by atoms with E-state index in [4.69, 9.17) is 0 Å². The third-order valence-corrected chi connectivity index (χ3v) is 2.68. The summed E-state index contributed by atoms with van der Waals surface area (Å²) in [5, 5.41) is 11.9. The van der Waals surface area contributed by atoms with Crippen LogP contribution in [0.4, 0.5) is 0 Å². The van der Waals surface area contributed by atoms with E-state index in [1.807, 2.05) is 6.07 Å². The number of aromatic hydroxyl groups is 1. The first-order valence-electron chi connectivity index (χ1n) is 5.42. The standard InChI is InChI=1S/C12H14N2O3/c1-8-12(17)14(7-11(16)13-8)6-9-3-2-4-10(15)5-9/h2-5,8,15H,6-7H2,1H3,(H,13,16). The number of carbonyl (C=O) groups is 2. The highest BCUT2D eigenvalue weighted by Gasteiger charge is 2.29. The molecule has 2 amide bonds. The van der Waals surface area contributed by atoms with Crippen molar-refractivity contribution < 1.29 is 14.7 Å². The molecule has 0 saturated carbocycles. The third-order valence-electron chi connectivity index (χ3n) is 2.68. The molecule has 1 atom stereocenters. The maximum absolute atomic E-state index is 11.8. The molecule has 1 aliphatic rings. The van der Waals surface area contributed by atoms with E-state index in [0.717, 1.165) is 5.56 Å². The first-order valence-corrected chi connectivity index (χ1v) is 5.42. The lowest BCUT2D eigenvalue weighted by Gasteiger charge is -2.30. The van der Waals surface area contributed by atoms with Gasteiger partial charge < -0.3 is 15.3 Å². The molecule has 1 aliphatic heterocycles. The van der Waals surface area contributed by atoms with Crippen molar-refractivity contribution in [1.82, 2.24) is 10.2 Å². The molecular formula is C12H14N2O3. The van der Waals surface area contributed by atoms with Crippen molar-refractivity contribution in [3.63, 3.8) is 0 Å². The molecule has 5 heteroatoms. The molecule has 1 unspecified atom stereocenters. The highest BCUT2D eigenvalue weighted by Crippen LogP contribution is 2.14. The number of phenolic OH excluding ortho intramolecular Hbond substituents is 1. The number of phenols is 1. The smallest absolute Gasteiger partial charge is 0.245 e. The zero-order valence-corrected chi connectivity index (χ0v) is 9.51. The van der Waals surface area contributed by atoms with Gasteiger partial charge in [0.05, 0.1) is 6.54 Å². The first kappa shape index (κ1) is 11.4. The molecule has 5 nitrogen and oxygen atoms in total. The Morgan fingerprint density at radius 1 is 1.47 bits per heavy atom. The van der Waals surface area contributed by atoms with Gasteiger partial charge in [0, 0.05) is 6.54 Å². The van der Waals surface area contributed by atoms with Gasteiger partial charge in [-0.1, -0.05) is 12.1 Å². The van der Waals surface area contributed by atoms with Crippen molar-refractivity contribution in [2.45, 2.75) is 19.5 Å². The SMILES string of the molecule is CC1NC(=O)CN(Cc2cccc(O)c2)C1=O. The summed E-state index contributed by atoms with van der Waals surface area (Å²) in [5.41, 5.74) is 0.806. The number of hydrogen-bond donors (Lipinski definition) is 2. The Balaban J connectivity index is 2.12. The Morgan fingerprint density at radius 2 is 2.24 bits per heavy atom. The van der Waals surface area contributed by atoms with Gasteiger partial charge in [0.1, 0.15) is 11.8 Å². The Hall–Kier alpha value is -2.04. The zero-order chi connectivity index (χ0) is 12.4. The highest BCUT2D eigenvalue weighted by molar-refractivity contribution is 5.94. The second-order valence-corrected chi connectivity index (χ2v) is 4.15. The maximum atomic E-state index is 11.8. The molecule has 0 bridgehead atoms. The van der Waals surface area contributed by atoms with E-state index in [-0.39, 0.29) is 24.1 Å². The van der Waals surface area contributed by atoms with E-state index in [1.54, 1.807) is 25.1 Å². The van der Waals surface area contributed by atoms with Crippen LogP contribution in [0.15, 0.2) is 24.3 Å².